The highest BCUT2D eigenvalue weighted by Crippen LogP contribution is 2.17. The lowest BCUT2D eigenvalue weighted by atomic mass is 10.3. The van der Waals surface area contributed by atoms with Crippen molar-refractivity contribution in [1.29, 1.82) is 0 Å². The van der Waals surface area contributed by atoms with Gasteiger partial charge in [-0.1, -0.05) is 0 Å². The van der Waals surface area contributed by atoms with E-state index in [1.807, 2.05) is 0 Å². The van der Waals surface area contributed by atoms with Gasteiger partial charge in [-0.3, -0.25) is 0 Å². The Morgan fingerprint density at radius 2 is 2.29 bits per heavy atom. The number of hydrogen-bond donors (Lipinski definition) is 1. The van der Waals surface area contributed by atoms with Crippen LogP contribution in [0.4, 0.5) is 5.13 Å². The van der Waals surface area contributed by atoms with Gasteiger partial charge in [-0.05, 0) is 13.8 Å². The zero-order valence-corrected chi connectivity index (χ0v) is 10.7. The second-order valence-electron chi connectivity index (χ2n) is 3.15. The molecule has 94 valence electrons. The third kappa shape index (κ3) is 3.70. The second-order valence-corrected chi connectivity index (χ2v) is 4.01. The van der Waals surface area contributed by atoms with Crippen molar-refractivity contribution >= 4 is 28.4 Å². The number of anilines is 1. The third-order valence-corrected chi connectivity index (χ3v) is 2.66. The summed E-state index contributed by atoms with van der Waals surface area (Å²) in [5.74, 6) is -0.861. The van der Waals surface area contributed by atoms with Crippen LogP contribution in [-0.4, -0.2) is 36.7 Å². The fraction of sp³-hybridized carbons (Fsp3) is 0.500. The summed E-state index contributed by atoms with van der Waals surface area (Å²) >= 11 is 1.23. The van der Waals surface area contributed by atoms with Crippen LogP contribution in [0.25, 0.3) is 0 Å². The average molecular weight is 258 g/mol. The summed E-state index contributed by atoms with van der Waals surface area (Å²) in [4.78, 5) is 26.5. The van der Waals surface area contributed by atoms with E-state index in [1.54, 1.807) is 19.2 Å². The molecule has 1 unspecified atom stereocenters. The summed E-state index contributed by atoms with van der Waals surface area (Å²) < 4.78 is 9.36. The maximum Gasteiger partial charge on any atom is 0.357 e. The molecular formula is C10H14N2O4S. The molecule has 1 rings (SSSR count). The Kier molecular flexibility index (Phi) is 4.89. The van der Waals surface area contributed by atoms with Crippen LogP contribution in [0, 0.1) is 0 Å². The van der Waals surface area contributed by atoms with Gasteiger partial charge in [0.2, 0.25) is 0 Å². The first kappa shape index (κ1) is 13.4. The molecule has 0 aliphatic heterocycles. The van der Waals surface area contributed by atoms with E-state index in [1.165, 1.54) is 18.4 Å². The lowest BCUT2D eigenvalue weighted by Crippen LogP contribution is -2.27. The van der Waals surface area contributed by atoms with Gasteiger partial charge in [-0.25, -0.2) is 14.6 Å². The van der Waals surface area contributed by atoms with Gasteiger partial charge in [-0.15, -0.1) is 11.3 Å². The minimum atomic E-state index is -0.513. The molecule has 1 aromatic rings. The lowest BCUT2D eigenvalue weighted by molar-refractivity contribution is -0.141. The largest absolute Gasteiger partial charge is 0.467 e. The number of ether oxygens (including phenoxy) is 2. The first-order valence-corrected chi connectivity index (χ1v) is 5.93. The van der Waals surface area contributed by atoms with E-state index < -0.39 is 18.0 Å². The van der Waals surface area contributed by atoms with E-state index in [4.69, 9.17) is 4.74 Å². The van der Waals surface area contributed by atoms with Gasteiger partial charge in [0.05, 0.1) is 13.7 Å². The molecule has 0 aromatic carbocycles. The summed E-state index contributed by atoms with van der Waals surface area (Å²) in [6, 6.07) is -0.513. The third-order valence-electron chi connectivity index (χ3n) is 1.88. The molecule has 17 heavy (non-hydrogen) atoms. The van der Waals surface area contributed by atoms with Crippen molar-refractivity contribution in [3.63, 3.8) is 0 Å². The molecule has 0 saturated carbocycles. The fourth-order valence-electron chi connectivity index (χ4n) is 1.06. The number of hydrogen-bond acceptors (Lipinski definition) is 7. The normalized spacial score (nSPS) is 11.7. The van der Waals surface area contributed by atoms with E-state index in [2.05, 4.69) is 15.0 Å². The molecule has 0 aliphatic carbocycles. The standard InChI is InChI=1S/C10H14N2O4S/c1-4-16-9(14)7-5-17-10(12-7)11-6(2)8(13)15-3/h5-6H,4H2,1-3H3,(H,11,12). The average Bonchev–Trinajstić information content (AvgIpc) is 2.76. The summed E-state index contributed by atoms with van der Waals surface area (Å²) in [6.45, 7) is 3.68. The van der Waals surface area contributed by atoms with E-state index >= 15 is 0 Å². The first-order chi connectivity index (χ1) is 8.08. The number of nitrogens with zero attached hydrogens (tertiary/aromatic N) is 1. The molecule has 7 heteroatoms. The Hall–Kier alpha value is -1.63. The predicted molar refractivity (Wildman–Crippen MR) is 63.2 cm³/mol. The Labute approximate surface area is 103 Å². The summed E-state index contributed by atoms with van der Waals surface area (Å²) in [6.07, 6.45) is 0. The number of rotatable bonds is 5. The molecule has 1 heterocycles. The molecule has 1 N–H and O–H groups in total. The topological polar surface area (TPSA) is 77.5 Å². The molecule has 1 aromatic heterocycles. The molecule has 6 nitrogen and oxygen atoms in total. The smallest absolute Gasteiger partial charge is 0.357 e. The Balaban J connectivity index is 2.62. The van der Waals surface area contributed by atoms with Crippen LogP contribution in [0.1, 0.15) is 24.3 Å². The van der Waals surface area contributed by atoms with Crippen LogP contribution >= 0.6 is 11.3 Å². The van der Waals surface area contributed by atoms with E-state index in [0.29, 0.717) is 11.7 Å². The molecule has 0 spiro atoms. The SMILES string of the molecule is CCOC(=O)c1csc(NC(C)C(=O)OC)n1. The number of carbonyl (C=O) groups excluding carboxylic acids is 2. The second kappa shape index (κ2) is 6.19. The lowest BCUT2D eigenvalue weighted by Gasteiger charge is -2.09. The van der Waals surface area contributed by atoms with Gasteiger partial charge in [0.25, 0.3) is 0 Å². The molecule has 1 atom stereocenters. The molecule has 0 saturated heterocycles. The van der Waals surface area contributed by atoms with Crippen molar-refractivity contribution in [3.8, 4) is 0 Å². The van der Waals surface area contributed by atoms with Crippen LogP contribution in [-0.2, 0) is 14.3 Å². The molecule has 0 aliphatic rings. The van der Waals surface area contributed by atoms with E-state index in [-0.39, 0.29) is 5.69 Å². The number of thiazole rings is 1. The van der Waals surface area contributed by atoms with Crippen molar-refractivity contribution in [2.24, 2.45) is 0 Å². The summed E-state index contributed by atoms with van der Waals surface area (Å²) in [7, 11) is 1.31. The molecular weight excluding hydrogens is 244 g/mol. The Morgan fingerprint density at radius 3 is 2.88 bits per heavy atom. The van der Waals surface area contributed by atoms with Gasteiger partial charge < -0.3 is 14.8 Å². The zero-order valence-electron chi connectivity index (χ0n) is 9.85. The fourth-order valence-corrected chi connectivity index (χ4v) is 1.83. The van der Waals surface area contributed by atoms with Gasteiger partial charge in [-0.2, -0.15) is 0 Å². The van der Waals surface area contributed by atoms with E-state index in [9.17, 15) is 9.59 Å². The summed E-state index contributed by atoms with van der Waals surface area (Å²) in [5.41, 5.74) is 0.233. The maximum atomic E-state index is 11.3. The van der Waals surface area contributed by atoms with Crippen molar-refractivity contribution in [2.45, 2.75) is 19.9 Å². The van der Waals surface area contributed by atoms with Gasteiger partial charge in [0, 0.05) is 5.38 Å². The van der Waals surface area contributed by atoms with Crippen molar-refractivity contribution < 1.29 is 19.1 Å². The molecule has 0 fully saturated rings. The minimum Gasteiger partial charge on any atom is -0.467 e. The minimum absolute atomic E-state index is 0.233. The van der Waals surface area contributed by atoms with Crippen LogP contribution in [0.3, 0.4) is 0 Å². The first-order valence-electron chi connectivity index (χ1n) is 5.05. The highest BCUT2D eigenvalue weighted by Gasteiger charge is 2.16. The number of carbonyl (C=O) groups is 2. The predicted octanol–water partition coefficient (Wildman–Crippen LogP) is 1.29. The monoisotopic (exact) mass is 258 g/mol. The van der Waals surface area contributed by atoms with Crippen molar-refractivity contribution in [2.75, 3.05) is 19.0 Å². The van der Waals surface area contributed by atoms with Crippen molar-refractivity contribution in [1.82, 2.24) is 4.98 Å². The van der Waals surface area contributed by atoms with Gasteiger partial charge >= 0.3 is 11.9 Å². The van der Waals surface area contributed by atoms with E-state index in [0.717, 1.165) is 0 Å². The van der Waals surface area contributed by atoms with Crippen LogP contribution in [0.2, 0.25) is 0 Å². The Morgan fingerprint density at radius 1 is 1.59 bits per heavy atom. The van der Waals surface area contributed by atoms with Gasteiger partial charge in [0.15, 0.2) is 10.8 Å². The number of methoxy groups -OCH3 is 1. The van der Waals surface area contributed by atoms with Crippen LogP contribution < -0.4 is 5.32 Å². The van der Waals surface area contributed by atoms with Crippen LogP contribution in [0.15, 0.2) is 5.38 Å². The van der Waals surface area contributed by atoms with Gasteiger partial charge in [0.1, 0.15) is 6.04 Å². The number of aromatic nitrogens is 1. The summed E-state index contributed by atoms with van der Waals surface area (Å²) in [5, 5.41) is 4.89. The maximum absolute atomic E-state index is 11.3. The number of esters is 2. The number of nitrogens with one attached hydrogen (secondary N) is 1. The molecule has 0 bridgehead atoms. The van der Waals surface area contributed by atoms with Crippen molar-refractivity contribution in [3.05, 3.63) is 11.1 Å². The highest BCUT2D eigenvalue weighted by atomic mass is 32.1. The zero-order chi connectivity index (χ0) is 12.8. The highest BCUT2D eigenvalue weighted by molar-refractivity contribution is 7.13. The molecule has 0 amide bonds. The molecule has 0 radical (unpaired) electrons. The van der Waals surface area contributed by atoms with Crippen LogP contribution in [0.5, 0.6) is 0 Å². The Bertz CT molecular complexity index is 405. The quantitative estimate of drug-likeness (QED) is 0.802.